The highest BCUT2D eigenvalue weighted by atomic mass is 16.1. The Hall–Kier alpha value is -3.14. The molecule has 0 unspecified atom stereocenters. The number of amides is 1. The smallest absolute Gasteiger partial charge is 0.224 e. The van der Waals surface area contributed by atoms with Crippen LogP contribution in [0.2, 0.25) is 0 Å². The van der Waals surface area contributed by atoms with Gasteiger partial charge < -0.3 is 10.2 Å². The maximum absolute atomic E-state index is 12.1. The molecule has 4 heteroatoms. The molecule has 1 heterocycles. The number of hydrogen-bond donors (Lipinski definition) is 1. The van der Waals surface area contributed by atoms with Crippen LogP contribution in [0.3, 0.4) is 0 Å². The van der Waals surface area contributed by atoms with Crippen molar-refractivity contribution < 1.29 is 4.79 Å². The number of aryl methyl sites for hydroxylation is 1. The molecule has 1 amide bonds. The van der Waals surface area contributed by atoms with Gasteiger partial charge in [-0.1, -0.05) is 48.5 Å². The maximum atomic E-state index is 12.1. The van der Waals surface area contributed by atoms with Gasteiger partial charge in [-0.2, -0.15) is 0 Å². The zero-order valence-corrected chi connectivity index (χ0v) is 14.2. The summed E-state index contributed by atoms with van der Waals surface area (Å²) in [7, 11) is 1.97. The first-order valence-corrected chi connectivity index (χ1v) is 8.31. The van der Waals surface area contributed by atoms with Gasteiger partial charge in [-0.25, -0.2) is 4.98 Å². The largest absolute Gasteiger partial charge is 0.329 e. The van der Waals surface area contributed by atoms with Crippen molar-refractivity contribution in [2.45, 2.75) is 12.8 Å². The molecule has 1 N–H and O–H groups in total. The molecule has 2 aromatic carbocycles. The number of para-hydroxylation sites is 1. The number of benzene rings is 2. The van der Waals surface area contributed by atoms with Crippen molar-refractivity contribution in [2.75, 3.05) is 17.3 Å². The molecular formula is C21H21N3O. The first-order chi connectivity index (χ1) is 12.2. The van der Waals surface area contributed by atoms with E-state index in [0.29, 0.717) is 12.1 Å². The van der Waals surface area contributed by atoms with E-state index in [1.54, 1.807) is 6.20 Å². The summed E-state index contributed by atoms with van der Waals surface area (Å²) in [5, 5.41) is 2.90. The van der Waals surface area contributed by atoms with Crippen molar-refractivity contribution >= 4 is 23.1 Å². The average Bonchev–Trinajstić information content (AvgIpc) is 2.68. The lowest BCUT2D eigenvalue weighted by Gasteiger charge is -2.18. The molecule has 1 aromatic heterocycles. The van der Waals surface area contributed by atoms with E-state index in [2.05, 4.69) is 10.3 Å². The maximum Gasteiger partial charge on any atom is 0.224 e. The van der Waals surface area contributed by atoms with E-state index in [-0.39, 0.29) is 5.91 Å². The lowest BCUT2D eigenvalue weighted by atomic mass is 10.1. The van der Waals surface area contributed by atoms with Gasteiger partial charge in [0.25, 0.3) is 0 Å². The molecule has 4 nitrogen and oxygen atoms in total. The molecule has 0 saturated heterocycles. The van der Waals surface area contributed by atoms with Gasteiger partial charge in [0.1, 0.15) is 5.82 Å². The van der Waals surface area contributed by atoms with Crippen molar-refractivity contribution in [1.29, 1.82) is 0 Å². The van der Waals surface area contributed by atoms with Crippen LogP contribution in [0, 0.1) is 0 Å². The van der Waals surface area contributed by atoms with Gasteiger partial charge in [0.15, 0.2) is 0 Å². The topological polar surface area (TPSA) is 45.2 Å². The van der Waals surface area contributed by atoms with Crippen LogP contribution in [0.1, 0.15) is 12.0 Å². The summed E-state index contributed by atoms with van der Waals surface area (Å²) in [5.41, 5.74) is 2.94. The van der Waals surface area contributed by atoms with Crippen molar-refractivity contribution in [3.63, 3.8) is 0 Å². The van der Waals surface area contributed by atoms with Crippen molar-refractivity contribution in [3.05, 3.63) is 84.6 Å². The third-order valence-electron chi connectivity index (χ3n) is 4.00. The molecule has 0 aliphatic rings. The number of anilines is 3. The van der Waals surface area contributed by atoms with Gasteiger partial charge >= 0.3 is 0 Å². The minimum atomic E-state index is -0.00480. The molecule has 3 aromatic rings. The van der Waals surface area contributed by atoms with Crippen molar-refractivity contribution in [1.82, 2.24) is 4.98 Å². The predicted octanol–water partition coefficient (Wildman–Crippen LogP) is 4.42. The normalized spacial score (nSPS) is 10.3. The molecule has 25 heavy (non-hydrogen) atoms. The number of nitrogens with one attached hydrogen (secondary N) is 1. The van der Waals surface area contributed by atoms with E-state index >= 15 is 0 Å². The first-order valence-electron chi connectivity index (χ1n) is 8.31. The Kier molecular flexibility index (Phi) is 5.42. The molecule has 0 saturated carbocycles. The molecule has 0 aliphatic carbocycles. The van der Waals surface area contributed by atoms with E-state index in [4.69, 9.17) is 0 Å². The van der Waals surface area contributed by atoms with Gasteiger partial charge in [0.05, 0.1) is 11.9 Å². The summed E-state index contributed by atoms with van der Waals surface area (Å²) in [6, 6.07) is 23.8. The third-order valence-corrected chi connectivity index (χ3v) is 4.00. The molecule has 0 bridgehead atoms. The van der Waals surface area contributed by atoms with Gasteiger partial charge in [-0.3, -0.25) is 4.79 Å². The van der Waals surface area contributed by atoms with Crippen LogP contribution in [0.5, 0.6) is 0 Å². The fourth-order valence-corrected chi connectivity index (χ4v) is 2.57. The van der Waals surface area contributed by atoms with Crippen LogP contribution in [-0.4, -0.2) is 17.9 Å². The standard InChI is InChI=1S/C21H21N3O/c1-24(19-10-6-3-7-11-19)20-14-13-18(16-22-20)23-21(25)15-12-17-8-4-2-5-9-17/h2-11,13-14,16H,12,15H2,1H3,(H,23,25). The van der Waals surface area contributed by atoms with Gasteiger partial charge in [0, 0.05) is 19.2 Å². The summed E-state index contributed by atoms with van der Waals surface area (Å²) in [6.07, 6.45) is 2.87. The highest BCUT2D eigenvalue weighted by Crippen LogP contribution is 2.22. The number of hydrogen-bond acceptors (Lipinski definition) is 3. The number of carbonyl (C=O) groups excluding carboxylic acids is 1. The third kappa shape index (κ3) is 4.67. The molecule has 0 atom stereocenters. The predicted molar refractivity (Wildman–Crippen MR) is 102 cm³/mol. The minimum Gasteiger partial charge on any atom is -0.329 e. The van der Waals surface area contributed by atoms with E-state index < -0.39 is 0 Å². The molecule has 0 radical (unpaired) electrons. The van der Waals surface area contributed by atoms with Crippen molar-refractivity contribution in [3.8, 4) is 0 Å². The second kappa shape index (κ2) is 8.11. The Bertz CT molecular complexity index is 802. The number of carbonyl (C=O) groups is 1. The van der Waals surface area contributed by atoms with Crippen molar-refractivity contribution in [2.24, 2.45) is 0 Å². The fraction of sp³-hybridized carbons (Fsp3) is 0.143. The minimum absolute atomic E-state index is 0.00480. The lowest BCUT2D eigenvalue weighted by Crippen LogP contribution is -2.14. The number of nitrogens with zero attached hydrogens (tertiary/aromatic N) is 2. The molecule has 0 fully saturated rings. The zero-order valence-electron chi connectivity index (χ0n) is 14.2. The van der Waals surface area contributed by atoms with E-state index in [0.717, 1.165) is 23.5 Å². The van der Waals surface area contributed by atoms with Gasteiger partial charge in [-0.15, -0.1) is 0 Å². The van der Waals surface area contributed by atoms with Gasteiger partial charge in [0.2, 0.25) is 5.91 Å². The first kappa shape index (κ1) is 16.7. The van der Waals surface area contributed by atoms with Crippen LogP contribution in [0.15, 0.2) is 79.0 Å². The summed E-state index contributed by atoms with van der Waals surface area (Å²) in [6.45, 7) is 0. The average molecular weight is 331 g/mol. The summed E-state index contributed by atoms with van der Waals surface area (Å²) < 4.78 is 0. The monoisotopic (exact) mass is 331 g/mol. The lowest BCUT2D eigenvalue weighted by molar-refractivity contribution is -0.116. The second-order valence-corrected chi connectivity index (χ2v) is 5.83. The summed E-state index contributed by atoms with van der Waals surface area (Å²) in [4.78, 5) is 18.5. The molecular weight excluding hydrogens is 310 g/mol. The Labute approximate surface area is 148 Å². The quantitative estimate of drug-likeness (QED) is 0.727. The van der Waals surface area contributed by atoms with E-state index in [9.17, 15) is 4.79 Å². The molecule has 0 aliphatic heterocycles. The molecule has 126 valence electrons. The number of rotatable bonds is 6. The fourth-order valence-electron chi connectivity index (χ4n) is 2.57. The van der Waals surface area contributed by atoms with Crippen LogP contribution in [0.4, 0.5) is 17.2 Å². The number of aromatic nitrogens is 1. The number of pyridine rings is 1. The summed E-state index contributed by atoms with van der Waals surface area (Å²) in [5.74, 6) is 0.823. The highest BCUT2D eigenvalue weighted by Gasteiger charge is 2.07. The van der Waals surface area contributed by atoms with E-state index in [1.807, 2.05) is 84.7 Å². The van der Waals surface area contributed by atoms with Crippen LogP contribution < -0.4 is 10.2 Å². The highest BCUT2D eigenvalue weighted by molar-refractivity contribution is 5.90. The van der Waals surface area contributed by atoms with Crippen LogP contribution in [0.25, 0.3) is 0 Å². The van der Waals surface area contributed by atoms with Crippen LogP contribution >= 0.6 is 0 Å². The summed E-state index contributed by atoms with van der Waals surface area (Å²) >= 11 is 0. The Balaban J connectivity index is 1.56. The molecule has 0 spiro atoms. The Morgan fingerprint density at radius 2 is 1.64 bits per heavy atom. The molecule has 3 rings (SSSR count). The van der Waals surface area contributed by atoms with E-state index in [1.165, 1.54) is 0 Å². The Morgan fingerprint density at radius 3 is 2.28 bits per heavy atom. The van der Waals surface area contributed by atoms with Crippen LogP contribution in [-0.2, 0) is 11.2 Å². The zero-order chi connectivity index (χ0) is 17.5. The second-order valence-electron chi connectivity index (χ2n) is 5.83. The Morgan fingerprint density at radius 1 is 0.960 bits per heavy atom. The SMILES string of the molecule is CN(c1ccccc1)c1ccc(NC(=O)CCc2ccccc2)cn1. The van der Waals surface area contributed by atoms with Gasteiger partial charge in [-0.05, 0) is 36.2 Å².